The summed E-state index contributed by atoms with van der Waals surface area (Å²) in [6.45, 7) is 6.82. The van der Waals surface area contributed by atoms with E-state index in [2.05, 4.69) is 24.3 Å². The molecule has 0 radical (unpaired) electrons. The lowest BCUT2D eigenvalue weighted by Gasteiger charge is -2.38. The number of fused-ring (bicyclic) bond motifs is 1. The summed E-state index contributed by atoms with van der Waals surface area (Å²) in [6, 6.07) is 15.1. The van der Waals surface area contributed by atoms with Gasteiger partial charge in [0, 0.05) is 23.6 Å². The molecule has 0 fully saturated rings. The van der Waals surface area contributed by atoms with Gasteiger partial charge in [-0.05, 0) is 48.1 Å². The van der Waals surface area contributed by atoms with E-state index >= 15 is 0 Å². The number of nitrogens with one attached hydrogen (secondary N) is 2. The van der Waals surface area contributed by atoms with Crippen LogP contribution in [-0.2, 0) is 4.79 Å². The average Bonchev–Trinajstić information content (AvgIpc) is 3.17. The fourth-order valence-corrected chi connectivity index (χ4v) is 5.18. The summed E-state index contributed by atoms with van der Waals surface area (Å²) in [4.78, 5) is 27.3. The first kappa shape index (κ1) is 23.0. The molecule has 1 unspecified atom stereocenters. The fourth-order valence-electron chi connectivity index (χ4n) is 5.18. The van der Waals surface area contributed by atoms with Crippen LogP contribution in [0.25, 0.3) is 5.69 Å². The van der Waals surface area contributed by atoms with E-state index in [1.165, 1.54) is 4.68 Å². The smallest absolute Gasteiger partial charge is 0.277 e. The standard InChI is InChI=1S/C28H31N3O4/c1-5-13-35-21-12-11-17(14-22(21)34-4)23-24-19(15-28(2,3)16-20(24)32)29-26-25(23)27(33)31(30-26)18-9-7-6-8-10-18/h6-12,14,23,29-30H,5,13,15-16H2,1-4H3. The molecule has 1 aliphatic carbocycles. The molecular formula is C28H31N3O4. The quantitative estimate of drug-likeness (QED) is 0.516. The number of hydrogen-bond acceptors (Lipinski definition) is 5. The van der Waals surface area contributed by atoms with Crippen molar-refractivity contribution in [3.05, 3.63) is 81.3 Å². The Kier molecular flexibility index (Phi) is 5.79. The average molecular weight is 474 g/mol. The molecule has 1 aliphatic heterocycles. The molecule has 0 bridgehead atoms. The lowest BCUT2D eigenvalue weighted by molar-refractivity contribution is -0.118. The molecule has 1 aromatic heterocycles. The minimum absolute atomic E-state index is 0.0662. The van der Waals surface area contributed by atoms with Gasteiger partial charge in [0.05, 0.1) is 25.0 Å². The van der Waals surface area contributed by atoms with Gasteiger partial charge in [-0.3, -0.25) is 14.7 Å². The molecule has 5 rings (SSSR count). The summed E-state index contributed by atoms with van der Waals surface area (Å²) in [5, 5.41) is 6.66. The van der Waals surface area contributed by atoms with Crippen LogP contribution < -0.4 is 20.3 Å². The van der Waals surface area contributed by atoms with Crippen molar-refractivity contribution >= 4 is 11.6 Å². The van der Waals surface area contributed by atoms with E-state index in [9.17, 15) is 9.59 Å². The highest BCUT2D eigenvalue weighted by atomic mass is 16.5. The third-order valence-electron chi connectivity index (χ3n) is 6.70. The van der Waals surface area contributed by atoms with Crippen molar-refractivity contribution < 1.29 is 14.3 Å². The predicted octanol–water partition coefficient (Wildman–Crippen LogP) is 5.16. The van der Waals surface area contributed by atoms with Crippen molar-refractivity contribution in [2.24, 2.45) is 5.41 Å². The summed E-state index contributed by atoms with van der Waals surface area (Å²) in [5.41, 5.74) is 3.28. The van der Waals surface area contributed by atoms with Crippen LogP contribution in [0.1, 0.15) is 57.1 Å². The van der Waals surface area contributed by atoms with Gasteiger partial charge >= 0.3 is 0 Å². The number of carbonyl (C=O) groups is 1. The number of carbonyl (C=O) groups excluding carboxylic acids is 1. The van der Waals surface area contributed by atoms with E-state index in [1.54, 1.807) is 7.11 Å². The minimum Gasteiger partial charge on any atom is -0.493 e. The van der Waals surface area contributed by atoms with Crippen molar-refractivity contribution in [1.82, 2.24) is 9.78 Å². The van der Waals surface area contributed by atoms with Gasteiger partial charge in [0.25, 0.3) is 5.56 Å². The van der Waals surface area contributed by atoms with Gasteiger partial charge < -0.3 is 14.8 Å². The Bertz CT molecular complexity index is 1360. The zero-order valence-electron chi connectivity index (χ0n) is 20.6. The molecule has 0 saturated carbocycles. The number of allylic oxidation sites excluding steroid dienone is 2. The molecule has 2 aliphatic rings. The first-order chi connectivity index (χ1) is 16.8. The van der Waals surface area contributed by atoms with Crippen LogP contribution in [0.2, 0.25) is 0 Å². The normalized spacial score (nSPS) is 18.5. The molecular weight excluding hydrogens is 442 g/mol. The number of ether oxygens (including phenoxy) is 2. The van der Waals surface area contributed by atoms with Crippen LogP contribution in [0.4, 0.5) is 5.82 Å². The third-order valence-corrected chi connectivity index (χ3v) is 6.70. The van der Waals surface area contributed by atoms with Crippen molar-refractivity contribution in [3.63, 3.8) is 0 Å². The Morgan fingerprint density at radius 1 is 1.06 bits per heavy atom. The summed E-state index contributed by atoms with van der Waals surface area (Å²) in [6.07, 6.45) is 2.04. The second-order valence-electron chi connectivity index (χ2n) is 10.0. The number of para-hydroxylation sites is 1. The van der Waals surface area contributed by atoms with E-state index in [-0.39, 0.29) is 16.8 Å². The first-order valence-corrected chi connectivity index (χ1v) is 12.1. The van der Waals surface area contributed by atoms with Crippen molar-refractivity contribution in [3.8, 4) is 17.2 Å². The van der Waals surface area contributed by atoms with Gasteiger partial charge in [0.15, 0.2) is 17.3 Å². The predicted molar refractivity (Wildman–Crippen MR) is 136 cm³/mol. The van der Waals surface area contributed by atoms with Gasteiger partial charge in [-0.1, -0.05) is 45.0 Å². The molecule has 0 amide bonds. The topological polar surface area (TPSA) is 85.4 Å². The molecule has 2 aromatic carbocycles. The number of Topliss-reactive ketones (excluding diaryl/α,β-unsaturated/α-hetero) is 1. The lowest BCUT2D eigenvalue weighted by atomic mass is 9.69. The molecule has 7 heteroatoms. The summed E-state index contributed by atoms with van der Waals surface area (Å²) < 4.78 is 13.0. The molecule has 0 saturated heterocycles. The van der Waals surface area contributed by atoms with Gasteiger partial charge in [-0.15, -0.1) is 0 Å². The highest BCUT2D eigenvalue weighted by Crippen LogP contribution is 2.48. The first-order valence-electron chi connectivity index (χ1n) is 12.1. The van der Waals surface area contributed by atoms with Gasteiger partial charge in [0.1, 0.15) is 5.82 Å². The Balaban J connectivity index is 1.70. The molecule has 0 spiro atoms. The SMILES string of the molecule is CCCOc1ccc(C2C3=C(CC(C)(C)CC3=O)Nc3[nH]n(-c4ccccc4)c(=O)c32)cc1OC. The maximum atomic E-state index is 13.8. The number of benzene rings is 2. The largest absolute Gasteiger partial charge is 0.493 e. The molecule has 2 N–H and O–H groups in total. The van der Waals surface area contributed by atoms with Gasteiger partial charge in [-0.25, -0.2) is 4.68 Å². The number of H-pyrrole nitrogens is 1. The number of ketones is 1. The Morgan fingerprint density at radius 2 is 1.83 bits per heavy atom. The van der Waals surface area contributed by atoms with Crippen LogP contribution >= 0.6 is 0 Å². The van der Waals surface area contributed by atoms with Crippen LogP contribution in [0.5, 0.6) is 11.5 Å². The number of hydrogen-bond donors (Lipinski definition) is 2. The molecule has 1 atom stereocenters. The third kappa shape index (κ3) is 4.05. The van der Waals surface area contributed by atoms with Gasteiger partial charge in [-0.2, -0.15) is 0 Å². The molecule has 3 aromatic rings. The Labute approximate surface area is 204 Å². The van der Waals surface area contributed by atoms with Crippen molar-refractivity contribution in [2.75, 3.05) is 19.0 Å². The number of nitrogens with zero attached hydrogens (tertiary/aromatic N) is 1. The fraction of sp³-hybridized carbons (Fsp3) is 0.357. The molecule has 2 heterocycles. The monoisotopic (exact) mass is 473 g/mol. The molecule has 182 valence electrons. The minimum atomic E-state index is -0.507. The zero-order valence-corrected chi connectivity index (χ0v) is 20.6. The van der Waals surface area contributed by atoms with Crippen LogP contribution in [0.3, 0.4) is 0 Å². The van der Waals surface area contributed by atoms with E-state index in [1.807, 2.05) is 55.5 Å². The number of methoxy groups -OCH3 is 1. The van der Waals surface area contributed by atoms with Crippen LogP contribution in [0.15, 0.2) is 64.6 Å². The second kappa shape index (κ2) is 8.80. The van der Waals surface area contributed by atoms with Crippen molar-refractivity contribution in [2.45, 2.75) is 46.0 Å². The molecule has 7 nitrogen and oxygen atoms in total. The maximum absolute atomic E-state index is 13.8. The number of rotatable bonds is 6. The van der Waals surface area contributed by atoms with E-state index in [0.29, 0.717) is 41.5 Å². The van der Waals surface area contributed by atoms with Crippen LogP contribution in [0, 0.1) is 5.41 Å². The highest BCUT2D eigenvalue weighted by Gasteiger charge is 2.43. The second-order valence-corrected chi connectivity index (χ2v) is 10.0. The Morgan fingerprint density at radius 3 is 2.54 bits per heavy atom. The molecule has 35 heavy (non-hydrogen) atoms. The lowest BCUT2D eigenvalue weighted by Crippen LogP contribution is -2.35. The summed E-state index contributed by atoms with van der Waals surface area (Å²) >= 11 is 0. The van der Waals surface area contributed by atoms with Crippen molar-refractivity contribution in [1.29, 1.82) is 0 Å². The summed E-state index contributed by atoms with van der Waals surface area (Å²) in [5.74, 6) is 1.41. The maximum Gasteiger partial charge on any atom is 0.277 e. The van der Waals surface area contributed by atoms with Crippen LogP contribution in [-0.4, -0.2) is 29.3 Å². The van der Waals surface area contributed by atoms with E-state index < -0.39 is 5.92 Å². The summed E-state index contributed by atoms with van der Waals surface area (Å²) in [7, 11) is 1.60. The highest BCUT2D eigenvalue weighted by molar-refractivity contribution is 6.01. The van der Waals surface area contributed by atoms with E-state index in [0.717, 1.165) is 29.8 Å². The number of aromatic nitrogens is 2. The number of aromatic amines is 1. The van der Waals surface area contributed by atoms with Gasteiger partial charge in [0.2, 0.25) is 0 Å². The number of anilines is 1. The zero-order chi connectivity index (χ0) is 24.7. The Hall–Kier alpha value is -3.74. The van der Waals surface area contributed by atoms with E-state index in [4.69, 9.17) is 9.47 Å².